The molecule has 0 aromatic heterocycles. The van der Waals surface area contributed by atoms with Gasteiger partial charge in [-0.3, -0.25) is 4.79 Å². The fourth-order valence-electron chi connectivity index (χ4n) is 3.90. The molecule has 5 atom stereocenters. The summed E-state index contributed by atoms with van der Waals surface area (Å²) in [7, 11) is 1.43. The van der Waals surface area contributed by atoms with Crippen LogP contribution >= 0.6 is 0 Å². The van der Waals surface area contributed by atoms with Crippen molar-refractivity contribution in [1.29, 1.82) is 0 Å². The lowest BCUT2D eigenvalue weighted by Gasteiger charge is -2.51. The average Bonchev–Trinajstić information content (AvgIpc) is 2.51. The highest BCUT2D eigenvalue weighted by molar-refractivity contribution is 5.72. The van der Waals surface area contributed by atoms with Crippen LogP contribution in [0.5, 0.6) is 0 Å². The van der Waals surface area contributed by atoms with Crippen LogP contribution in [0.2, 0.25) is 0 Å². The van der Waals surface area contributed by atoms with E-state index >= 15 is 0 Å². The van der Waals surface area contributed by atoms with Gasteiger partial charge in [0.15, 0.2) is 0 Å². The molecule has 2 heterocycles. The van der Waals surface area contributed by atoms with Gasteiger partial charge >= 0.3 is 5.97 Å². The zero-order valence-electron chi connectivity index (χ0n) is 14.8. The fourth-order valence-corrected chi connectivity index (χ4v) is 3.90. The Labute approximate surface area is 134 Å². The molecule has 2 rings (SSSR count). The summed E-state index contributed by atoms with van der Waals surface area (Å²) in [6.45, 7) is 10.5. The van der Waals surface area contributed by atoms with Crippen molar-refractivity contribution in [1.82, 2.24) is 0 Å². The molecule has 1 fully saturated rings. The van der Waals surface area contributed by atoms with Crippen molar-refractivity contribution in [2.75, 3.05) is 7.11 Å². The maximum absolute atomic E-state index is 11.9. The lowest BCUT2D eigenvalue weighted by atomic mass is 9.77. The topological polar surface area (TPSA) is 44.8 Å². The fraction of sp³-hybridized carbons (Fsp3) is 0.833. The summed E-state index contributed by atoms with van der Waals surface area (Å²) in [6.07, 6.45) is 3.60. The lowest BCUT2D eigenvalue weighted by molar-refractivity contribution is -0.314. The van der Waals surface area contributed by atoms with E-state index < -0.39 is 5.79 Å². The summed E-state index contributed by atoms with van der Waals surface area (Å²) in [5.41, 5.74) is 1.32. The van der Waals surface area contributed by atoms with Crippen molar-refractivity contribution >= 4 is 5.97 Å². The number of hydrogen-bond acceptors (Lipinski definition) is 4. The number of carbonyl (C=O) groups is 1. The first-order valence-electron chi connectivity index (χ1n) is 8.47. The van der Waals surface area contributed by atoms with Gasteiger partial charge in [0.25, 0.3) is 0 Å². The third kappa shape index (κ3) is 3.03. The minimum absolute atomic E-state index is 0.153. The van der Waals surface area contributed by atoms with Gasteiger partial charge in [-0.25, -0.2) is 0 Å². The average molecular weight is 310 g/mol. The Kier molecular flexibility index (Phi) is 5.21. The van der Waals surface area contributed by atoms with Crippen molar-refractivity contribution in [3.8, 4) is 0 Å². The van der Waals surface area contributed by atoms with Gasteiger partial charge in [0, 0.05) is 18.8 Å². The molecule has 0 N–H and O–H groups in total. The normalized spacial score (nSPS) is 36.9. The maximum atomic E-state index is 11.9. The predicted molar refractivity (Wildman–Crippen MR) is 85.0 cm³/mol. The van der Waals surface area contributed by atoms with Crippen molar-refractivity contribution in [3.05, 3.63) is 11.3 Å². The van der Waals surface area contributed by atoms with E-state index in [9.17, 15) is 4.79 Å². The first-order chi connectivity index (χ1) is 10.3. The molecule has 0 aromatic rings. The number of allylic oxidation sites excluding steroid dienone is 2. The summed E-state index contributed by atoms with van der Waals surface area (Å²) >= 11 is 0. The standard InChI is InChI=1S/C18H30O4/c1-7-15-11(2)8-9-18(21-15)13(4)10-12(3)16(22-18)14(5)17(19)20-6/h12-14,16H,7-10H2,1-6H3/t12-,13?,14+,16-,18-/m0/s1. The highest BCUT2D eigenvalue weighted by atomic mass is 16.7. The van der Waals surface area contributed by atoms with Crippen LogP contribution in [0.4, 0.5) is 0 Å². The first kappa shape index (κ1) is 17.3. The Morgan fingerprint density at radius 1 is 1.45 bits per heavy atom. The van der Waals surface area contributed by atoms with E-state index in [4.69, 9.17) is 14.2 Å². The van der Waals surface area contributed by atoms with Gasteiger partial charge in [-0.1, -0.05) is 20.8 Å². The molecule has 2 aliphatic heterocycles. The second-order valence-electron chi connectivity index (χ2n) is 6.98. The van der Waals surface area contributed by atoms with E-state index in [1.807, 2.05) is 6.92 Å². The van der Waals surface area contributed by atoms with Gasteiger partial charge in [-0.2, -0.15) is 0 Å². The Balaban J connectivity index is 2.24. The highest BCUT2D eigenvalue weighted by Gasteiger charge is 2.51. The van der Waals surface area contributed by atoms with Crippen LogP contribution in [0, 0.1) is 17.8 Å². The quantitative estimate of drug-likeness (QED) is 0.738. The molecule has 4 nitrogen and oxygen atoms in total. The molecule has 1 unspecified atom stereocenters. The van der Waals surface area contributed by atoms with Crippen LogP contribution in [-0.4, -0.2) is 25.0 Å². The van der Waals surface area contributed by atoms with Gasteiger partial charge < -0.3 is 14.2 Å². The zero-order valence-corrected chi connectivity index (χ0v) is 14.8. The van der Waals surface area contributed by atoms with Crippen LogP contribution in [0.1, 0.15) is 60.3 Å². The molecule has 0 amide bonds. The number of hydrogen-bond donors (Lipinski definition) is 0. The molecule has 126 valence electrons. The molecule has 0 aromatic carbocycles. The minimum Gasteiger partial charge on any atom is -0.469 e. The SMILES string of the molecule is CCC1=C(C)CC[C@]2(O1)O[C@H]([C@@H](C)C(=O)OC)[C@@H](C)CC2C. The molecular formula is C18H30O4. The number of rotatable bonds is 3. The van der Waals surface area contributed by atoms with Crippen LogP contribution in [-0.2, 0) is 19.0 Å². The molecule has 0 bridgehead atoms. The van der Waals surface area contributed by atoms with E-state index in [-0.39, 0.29) is 18.0 Å². The largest absolute Gasteiger partial charge is 0.469 e. The number of carbonyl (C=O) groups excluding carboxylic acids is 1. The Bertz CT molecular complexity index is 456. The minimum atomic E-state index is -0.579. The third-order valence-electron chi connectivity index (χ3n) is 5.38. The predicted octanol–water partition coefficient (Wildman–Crippen LogP) is 4.05. The summed E-state index contributed by atoms with van der Waals surface area (Å²) in [4.78, 5) is 11.9. The van der Waals surface area contributed by atoms with Gasteiger partial charge in [0.1, 0.15) is 0 Å². The molecule has 4 heteroatoms. The second-order valence-corrected chi connectivity index (χ2v) is 6.98. The maximum Gasteiger partial charge on any atom is 0.311 e. The summed E-state index contributed by atoms with van der Waals surface area (Å²) in [5.74, 6) is 0.625. The smallest absolute Gasteiger partial charge is 0.311 e. The second kappa shape index (κ2) is 6.61. The van der Waals surface area contributed by atoms with Crippen molar-refractivity contribution in [3.63, 3.8) is 0 Å². The molecular weight excluding hydrogens is 280 g/mol. The number of methoxy groups -OCH3 is 1. The van der Waals surface area contributed by atoms with E-state index in [2.05, 4.69) is 27.7 Å². The molecule has 22 heavy (non-hydrogen) atoms. The van der Waals surface area contributed by atoms with Crippen molar-refractivity contribution in [2.45, 2.75) is 72.2 Å². The van der Waals surface area contributed by atoms with Crippen molar-refractivity contribution in [2.24, 2.45) is 17.8 Å². The third-order valence-corrected chi connectivity index (χ3v) is 5.38. The Hall–Kier alpha value is -1.03. The van der Waals surface area contributed by atoms with Crippen LogP contribution < -0.4 is 0 Å². The monoisotopic (exact) mass is 310 g/mol. The summed E-state index contributed by atoms with van der Waals surface area (Å²) < 4.78 is 17.7. The summed E-state index contributed by atoms with van der Waals surface area (Å²) in [5, 5.41) is 0. The Morgan fingerprint density at radius 3 is 2.73 bits per heavy atom. The highest BCUT2D eigenvalue weighted by Crippen LogP contribution is 2.47. The number of ether oxygens (including phenoxy) is 3. The molecule has 1 saturated heterocycles. The molecule has 0 saturated carbocycles. The van der Waals surface area contributed by atoms with E-state index in [1.165, 1.54) is 12.7 Å². The first-order valence-corrected chi connectivity index (χ1v) is 8.47. The molecule has 1 spiro atoms. The van der Waals surface area contributed by atoms with Gasteiger partial charge in [-0.15, -0.1) is 0 Å². The summed E-state index contributed by atoms with van der Waals surface area (Å²) in [6, 6.07) is 0. The van der Waals surface area contributed by atoms with E-state index in [0.717, 1.165) is 31.4 Å². The lowest BCUT2D eigenvalue weighted by Crippen LogP contribution is -2.55. The molecule has 0 aliphatic carbocycles. The zero-order chi connectivity index (χ0) is 16.5. The van der Waals surface area contributed by atoms with Crippen LogP contribution in [0.25, 0.3) is 0 Å². The van der Waals surface area contributed by atoms with Crippen molar-refractivity contribution < 1.29 is 19.0 Å². The molecule has 2 aliphatic rings. The van der Waals surface area contributed by atoms with Crippen LogP contribution in [0.15, 0.2) is 11.3 Å². The number of esters is 1. The Morgan fingerprint density at radius 2 is 2.14 bits per heavy atom. The van der Waals surface area contributed by atoms with E-state index in [0.29, 0.717) is 11.8 Å². The van der Waals surface area contributed by atoms with Gasteiger partial charge in [-0.05, 0) is 38.2 Å². The van der Waals surface area contributed by atoms with E-state index in [1.54, 1.807) is 0 Å². The van der Waals surface area contributed by atoms with Gasteiger partial charge in [0.05, 0.1) is 24.9 Å². The van der Waals surface area contributed by atoms with Gasteiger partial charge in [0.2, 0.25) is 5.79 Å². The molecule has 0 radical (unpaired) electrons. The van der Waals surface area contributed by atoms with Crippen LogP contribution in [0.3, 0.4) is 0 Å².